The van der Waals surface area contributed by atoms with Gasteiger partial charge in [-0.3, -0.25) is 9.88 Å². The molecule has 2 rings (SSSR count). The molecule has 2 heterocycles. The summed E-state index contributed by atoms with van der Waals surface area (Å²) in [5, 5.41) is 0.681. The average Bonchev–Trinajstić information content (AvgIpc) is 2.17. The summed E-state index contributed by atoms with van der Waals surface area (Å²) >= 11 is 2.00. The van der Waals surface area contributed by atoms with E-state index >= 15 is 0 Å². The van der Waals surface area contributed by atoms with Crippen molar-refractivity contribution in [1.82, 2.24) is 9.88 Å². The Labute approximate surface area is 93.9 Å². The first kappa shape index (κ1) is 10.9. The third-order valence-electron chi connectivity index (χ3n) is 2.49. The Morgan fingerprint density at radius 3 is 3.20 bits per heavy atom. The molecule has 0 aliphatic carbocycles. The van der Waals surface area contributed by atoms with Gasteiger partial charge in [-0.15, -0.1) is 0 Å². The predicted octanol–water partition coefficient (Wildman–Crippen LogP) is 2.16. The molecule has 0 spiro atoms. The van der Waals surface area contributed by atoms with Crippen molar-refractivity contribution in [2.75, 3.05) is 18.8 Å². The minimum absolute atomic E-state index is 0.244. The van der Waals surface area contributed by atoms with Gasteiger partial charge in [0.05, 0.1) is 6.20 Å². The molecule has 1 aliphatic rings. The lowest BCUT2D eigenvalue weighted by molar-refractivity contribution is 0.277. The van der Waals surface area contributed by atoms with E-state index in [9.17, 15) is 4.39 Å². The normalized spacial score (nSPS) is 22.9. The monoisotopic (exact) mass is 226 g/mol. The van der Waals surface area contributed by atoms with Gasteiger partial charge in [-0.2, -0.15) is 11.8 Å². The molecule has 1 aromatic rings. The topological polar surface area (TPSA) is 16.1 Å². The Bertz CT molecular complexity index is 332. The molecule has 0 amide bonds. The highest BCUT2D eigenvalue weighted by Gasteiger charge is 2.16. The maximum absolute atomic E-state index is 12.9. The molecule has 2 nitrogen and oxygen atoms in total. The van der Waals surface area contributed by atoms with Gasteiger partial charge in [0.15, 0.2) is 0 Å². The summed E-state index contributed by atoms with van der Waals surface area (Å²) in [6.07, 6.45) is 2.99. The number of rotatable bonds is 2. The summed E-state index contributed by atoms with van der Waals surface area (Å²) in [5.74, 6) is 0.927. The quantitative estimate of drug-likeness (QED) is 0.769. The predicted molar refractivity (Wildman–Crippen MR) is 61.4 cm³/mol. The number of hydrogen-bond acceptors (Lipinski definition) is 3. The van der Waals surface area contributed by atoms with Crippen molar-refractivity contribution in [3.05, 3.63) is 29.8 Å². The van der Waals surface area contributed by atoms with E-state index in [1.54, 1.807) is 12.3 Å². The van der Waals surface area contributed by atoms with Gasteiger partial charge in [-0.1, -0.05) is 6.92 Å². The molecule has 4 heteroatoms. The van der Waals surface area contributed by atoms with Crippen molar-refractivity contribution in [2.24, 2.45) is 0 Å². The van der Waals surface area contributed by atoms with E-state index in [0.29, 0.717) is 5.25 Å². The Kier molecular flexibility index (Phi) is 3.59. The fourth-order valence-electron chi connectivity index (χ4n) is 1.83. The zero-order valence-electron chi connectivity index (χ0n) is 8.82. The highest BCUT2D eigenvalue weighted by atomic mass is 32.2. The van der Waals surface area contributed by atoms with Crippen LogP contribution in [0.4, 0.5) is 4.39 Å². The maximum Gasteiger partial charge on any atom is 0.141 e. The lowest BCUT2D eigenvalue weighted by atomic mass is 10.2. The molecule has 1 saturated heterocycles. The van der Waals surface area contributed by atoms with Crippen LogP contribution in [0, 0.1) is 5.82 Å². The molecule has 1 aromatic heterocycles. The molecule has 0 N–H and O–H groups in total. The summed E-state index contributed by atoms with van der Waals surface area (Å²) in [5.41, 5.74) is 0.967. The molecule has 1 unspecified atom stereocenters. The molecular weight excluding hydrogens is 211 g/mol. The first-order chi connectivity index (χ1) is 7.24. The number of thioether (sulfide) groups is 1. The molecule has 0 radical (unpaired) electrons. The van der Waals surface area contributed by atoms with Crippen molar-refractivity contribution in [3.63, 3.8) is 0 Å². The lowest BCUT2D eigenvalue weighted by Crippen LogP contribution is -2.36. The fourth-order valence-corrected chi connectivity index (χ4v) is 2.92. The molecule has 15 heavy (non-hydrogen) atoms. The van der Waals surface area contributed by atoms with E-state index in [1.807, 2.05) is 11.8 Å². The summed E-state index contributed by atoms with van der Waals surface area (Å²) in [6.45, 7) is 5.23. The van der Waals surface area contributed by atoms with E-state index in [1.165, 1.54) is 11.9 Å². The zero-order chi connectivity index (χ0) is 10.7. The Balaban J connectivity index is 1.96. The van der Waals surface area contributed by atoms with Crippen molar-refractivity contribution in [3.8, 4) is 0 Å². The van der Waals surface area contributed by atoms with Crippen molar-refractivity contribution >= 4 is 11.8 Å². The zero-order valence-corrected chi connectivity index (χ0v) is 9.63. The van der Waals surface area contributed by atoms with Crippen LogP contribution in [-0.2, 0) is 6.54 Å². The van der Waals surface area contributed by atoms with Gasteiger partial charge in [-0.25, -0.2) is 4.39 Å². The van der Waals surface area contributed by atoms with Crippen molar-refractivity contribution in [1.29, 1.82) is 0 Å². The van der Waals surface area contributed by atoms with Gasteiger partial charge >= 0.3 is 0 Å². The van der Waals surface area contributed by atoms with Crippen LogP contribution in [0.25, 0.3) is 0 Å². The van der Waals surface area contributed by atoms with E-state index in [-0.39, 0.29) is 5.82 Å². The Morgan fingerprint density at radius 1 is 1.60 bits per heavy atom. The smallest absolute Gasteiger partial charge is 0.141 e. The highest BCUT2D eigenvalue weighted by Crippen LogP contribution is 2.19. The summed E-state index contributed by atoms with van der Waals surface area (Å²) in [4.78, 5) is 6.22. The third kappa shape index (κ3) is 3.18. The van der Waals surface area contributed by atoms with Crippen LogP contribution in [0.2, 0.25) is 0 Å². The third-order valence-corrected chi connectivity index (χ3v) is 3.63. The van der Waals surface area contributed by atoms with Gasteiger partial charge in [0.25, 0.3) is 0 Å². The van der Waals surface area contributed by atoms with Gasteiger partial charge in [0.2, 0.25) is 0 Å². The van der Waals surface area contributed by atoms with Gasteiger partial charge in [-0.05, 0) is 11.6 Å². The molecule has 1 aliphatic heterocycles. The second-order valence-electron chi connectivity index (χ2n) is 3.93. The van der Waals surface area contributed by atoms with Crippen molar-refractivity contribution < 1.29 is 4.39 Å². The first-order valence-corrected chi connectivity index (χ1v) is 6.22. The van der Waals surface area contributed by atoms with E-state index in [4.69, 9.17) is 0 Å². The highest BCUT2D eigenvalue weighted by molar-refractivity contribution is 7.99. The first-order valence-electron chi connectivity index (χ1n) is 5.17. The number of aromatic nitrogens is 1. The van der Waals surface area contributed by atoms with Crippen LogP contribution < -0.4 is 0 Å². The fraction of sp³-hybridized carbons (Fsp3) is 0.545. The van der Waals surface area contributed by atoms with Crippen LogP contribution in [0.15, 0.2) is 18.5 Å². The SMILES string of the molecule is CC1CN(Cc2cncc(F)c2)CCS1. The molecule has 1 fully saturated rings. The van der Waals surface area contributed by atoms with Crippen LogP contribution in [0.3, 0.4) is 0 Å². The standard InChI is InChI=1S/C11H15FN2S/c1-9-7-14(2-3-15-9)8-10-4-11(12)6-13-5-10/h4-6,9H,2-3,7-8H2,1H3. The molecule has 1 atom stereocenters. The van der Waals surface area contributed by atoms with Gasteiger partial charge < -0.3 is 0 Å². The van der Waals surface area contributed by atoms with E-state index in [2.05, 4.69) is 16.8 Å². The van der Waals surface area contributed by atoms with Gasteiger partial charge in [0, 0.05) is 36.8 Å². The molecule has 82 valence electrons. The average molecular weight is 226 g/mol. The number of nitrogens with zero attached hydrogens (tertiary/aromatic N) is 2. The summed E-state index contributed by atoms with van der Waals surface area (Å²) in [7, 11) is 0. The number of hydrogen-bond donors (Lipinski definition) is 0. The van der Waals surface area contributed by atoms with Crippen LogP contribution >= 0.6 is 11.8 Å². The largest absolute Gasteiger partial charge is 0.297 e. The minimum Gasteiger partial charge on any atom is -0.297 e. The van der Waals surface area contributed by atoms with Crippen LogP contribution in [0.5, 0.6) is 0 Å². The van der Waals surface area contributed by atoms with Crippen LogP contribution in [-0.4, -0.2) is 34.0 Å². The Hall–Kier alpha value is -0.610. The second kappa shape index (κ2) is 4.94. The summed E-state index contributed by atoms with van der Waals surface area (Å²) < 4.78 is 12.9. The van der Waals surface area contributed by atoms with E-state index in [0.717, 1.165) is 25.2 Å². The van der Waals surface area contributed by atoms with Crippen molar-refractivity contribution in [2.45, 2.75) is 18.7 Å². The van der Waals surface area contributed by atoms with E-state index < -0.39 is 0 Å². The van der Waals surface area contributed by atoms with Gasteiger partial charge in [0.1, 0.15) is 5.82 Å². The molecular formula is C11H15FN2S. The van der Waals surface area contributed by atoms with Crippen LogP contribution in [0.1, 0.15) is 12.5 Å². The lowest BCUT2D eigenvalue weighted by Gasteiger charge is -2.30. The second-order valence-corrected chi connectivity index (χ2v) is 5.47. The Morgan fingerprint density at radius 2 is 2.47 bits per heavy atom. The molecule has 0 saturated carbocycles. The summed E-state index contributed by atoms with van der Waals surface area (Å²) in [6, 6.07) is 1.57. The minimum atomic E-state index is -0.244. The number of halogens is 1. The molecule has 0 bridgehead atoms. The molecule has 0 aromatic carbocycles. The maximum atomic E-state index is 12.9. The number of pyridine rings is 1.